The van der Waals surface area contributed by atoms with Crippen LogP contribution in [0.2, 0.25) is 10.0 Å². The predicted molar refractivity (Wildman–Crippen MR) is 107 cm³/mol. The molecule has 0 aliphatic heterocycles. The first-order valence-electron chi connectivity index (χ1n) is 8.94. The molecule has 176 valence electrons. The third kappa shape index (κ3) is 5.36. The molecule has 1 heterocycles. The molecular weight excluding hydrogens is 501 g/mol. The maximum atomic E-state index is 14.9. The highest BCUT2D eigenvalue weighted by Crippen LogP contribution is 2.31. The normalized spacial score (nSPS) is 12.2. The molecule has 0 amide bonds. The van der Waals surface area contributed by atoms with Gasteiger partial charge in [0.1, 0.15) is 11.6 Å². The van der Waals surface area contributed by atoms with Crippen molar-refractivity contribution in [2.24, 2.45) is 0 Å². The summed E-state index contributed by atoms with van der Waals surface area (Å²) in [7, 11) is 0. The van der Waals surface area contributed by atoms with Gasteiger partial charge in [-0.1, -0.05) is 23.2 Å². The van der Waals surface area contributed by atoms with Gasteiger partial charge >= 0.3 is 17.8 Å². The van der Waals surface area contributed by atoms with Gasteiger partial charge in [0.2, 0.25) is 5.88 Å². The van der Waals surface area contributed by atoms with E-state index < -0.39 is 74.0 Å². The fraction of sp³-hybridized carbons (Fsp3) is 0.200. The summed E-state index contributed by atoms with van der Waals surface area (Å²) in [4.78, 5) is 24.6. The number of nitrogens with zero attached hydrogens (tertiary/aromatic N) is 2. The molecule has 0 spiro atoms. The topological polar surface area (TPSA) is 64.2 Å². The summed E-state index contributed by atoms with van der Waals surface area (Å²) in [5.41, 5.74) is -4.89. The molecule has 33 heavy (non-hydrogen) atoms. The van der Waals surface area contributed by atoms with Crippen molar-refractivity contribution in [1.82, 2.24) is 9.13 Å². The average Bonchev–Trinajstić information content (AvgIpc) is 2.57. The van der Waals surface area contributed by atoms with Crippen molar-refractivity contribution >= 4 is 23.2 Å². The van der Waals surface area contributed by atoms with Crippen LogP contribution in [0.25, 0.3) is 0 Å². The van der Waals surface area contributed by atoms with E-state index in [0.717, 1.165) is 24.3 Å². The Morgan fingerprint density at radius 1 is 0.727 bits per heavy atom. The quantitative estimate of drug-likeness (QED) is 0.478. The van der Waals surface area contributed by atoms with Crippen LogP contribution in [-0.2, 0) is 24.9 Å². The van der Waals surface area contributed by atoms with E-state index in [2.05, 4.69) is 0 Å². The lowest BCUT2D eigenvalue weighted by Gasteiger charge is -2.24. The molecule has 0 fully saturated rings. The molecule has 1 aromatic heterocycles. The number of rotatable bonds is 6. The summed E-state index contributed by atoms with van der Waals surface area (Å²) in [6, 6.07) is -3.95. The molecule has 0 bridgehead atoms. The number of halogens is 8. The van der Waals surface area contributed by atoms with Crippen molar-refractivity contribution in [1.29, 1.82) is 0 Å². The second-order valence-electron chi connectivity index (χ2n) is 7.03. The van der Waals surface area contributed by atoms with Crippen LogP contribution in [0, 0.1) is 11.6 Å². The first-order valence-corrected chi connectivity index (χ1v) is 9.70. The lowest BCUT2D eigenvalue weighted by Crippen LogP contribution is -2.51. The molecule has 0 atom stereocenters. The Labute approximate surface area is 191 Å². The summed E-state index contributed by atoms with van der Waals surface area (Å²) in [6.45, 7) is 0. The Bertz CT molecular complexity index is 1300. The summed E-state index contributed by atoms with van der Waals surface area (Å²) in [5, 5.41) is 9.30. The van der Waals surface area contributed by atoms with Crippen molar-refractivity contribution in [2.75, 3.05) is 0 Å². The minimum absolute atomic E-state index is 0.000328. The number of benzene rings is 2. The van der Waals surface area contributed by atoms with Gasteiger partial charge in [0.25, 0.3) is 5.56 Å². The Hall–Kier alpha value is -2.92. The fourth-order valence-corrected chi connectivity index (χ4v) is 3.70. The first kappa shape index (κ1) is 24.7. The molecule has 0 radical (unpaired) electrons. The predicted octanol–water partition coefficient (Wildman–Crippen LogP) is 4.88. The lowest BCUT2D eigenvalue weighted by molar-refractivity contribution is -0.111. The van der Waals surface area contributed by atoms with Crippen LogP contribution in [0.5, 0.6) is 5.88 Å². The van der Waals surface area contributed by atoms with Crippen LogP contribution < -0.4 is 11.2 Å². The third-order valence-corrected chi connectivity index (χ3v) is 4.85. The number of hydrogen-bond acceptors (Lipinski definition) is 3. The Balaban J connectivity index is 2.10. The Kier molecular flexibility index (Phi) is 6.58. The number of alkyl halides is 4. The number of hydrogen-bond donors (Lipinski definition) is 1. The van der Waals surface area contributed by atoms with Crippen molar-refractivity contribution < 1.29 is 31.4 Å². The van der Waals surface area contributed by atoms with Gasteiger partial charge in [0.15, 0.2) is 0 Å². The SMILES string of the molecule is O=c1cc(O)n(C(F)(F)Cc2cc(F)cc(Cl)c2)c(=O)n1C(F)(F)Cc1cc(F)cc(Cl)c1. The molecule has 3 aromatic rings. The van der Waals surface area contributed by atoms with E-state index in [9.17, 15) is 41.0 Å². The molecule has 0 aliphatic rings. The van der Waals surface area contributed by atoms with Gasteiger partial charge in [0, 0.05) is 10.0 Å². The van der Waals surface area contributed by atoms with E-state index in [0.29, 0.717) is 12.1 Å². The van der Waals surface area contributed by atoms with Crippen molar-refractivity contribution in [3.05, 3.63) is 96.1 Å². The van der Waals surface area contributed by atoms with Gasteiger partial charge in [-0.2, -0.15) is 22.1 Å². The molecule has 5 nitrogen and oxygen atoms in total. The highest BCUT2D eigenvalue weighted by Gasteiger charge is 2.42. The minimum atomic E-state index is -4.42. The molecule has 1 N–H and O–H groups in total. The van der Waals surface area contributed by atoms with Crippen LogP contribution in [0.4, 0.5) is 26.3 Å². The van der Waals surface area contributed by atoms with Crippen molar-refractivity contribution in [3.8, 4) is 5.88 Å². The monoisotopic (exact) mass is 512 g/mol. The molecular formula is C20H12Cl2F6N2O3. The maximum absolute atomic E-state index is 14.9. The molecule has 0 aliphatic carbocycles. The van der Waals surface area contributed by atoms with Crippen molar-refractivity contribution in [3.63, 3.8) is 0 Å². The molecule has 2 aromatic carbocycles. The van der Waals surface area contributed by atoms with Gasteiger partial charge in [-0.3, -0.25) is 4.79 Å². The van der Waals surface area contributed by atoms with Crippen LogP contribution in [-0.4, -0.2) is 14.2 Å². The standard InChI is InChI=1S/C20H12Cl2F6N2O3/c21-12-1-10(3-14(23)5-12)8-19(25,26)29-16(31)7-17(32)30(18(29)33)20(27,28)9-11-2-13(22)6-15(24)4-11/h1-7,31H,8-9H2. The Morgan fingerprint density at radius 2 is 1.15 bits per heavy atom. The summed E-state index contributed by atoms with van der Waals surface area (Å²) < 4.78 is 84.9. The third-order valence-electron chi connectivity index (χ3n) is 4.42. The van der Waals surface area contributed by atoms with E-state index in [-0.39, 0.29) is 16.1 Å². The summed E-state index contributed by atoms with van der Waals surface area (Å²) in [6.07, 6.45) is -2.88. The highest BCUT2D eigenvalue weighted by atomic mass is 35.5. The lowest BCUT2D eigenvalue weighted by atomic mass is 10.1. The summed E-state index contributed by atoms with van der Waals surface area (Å²) >= 11 is 11.2. The Morgan fingerprint density at radius 3 is 1.58 bits per heavy atom. The minimum Gasteiger partial charge on any atom is -0.494 e. The van der Waals surface area contributed by atoms with Gasteiger partial charge in [-0.25, -0.2) is 18.1 Å². The molecule has 3 rings (SSSR count). The van der Waals surface area contributed by atoms with E-state index in [4.69, 9.17) is 23.2 Å². The average molecular weight is 513 g/mol. The molecule has 0 saturated heterocycles. The second kappa shape index (κ2) is 8.79. The van der Waals surface area contributed by atoms with E-state index in [1.54, 1.807) is 0 Å². The van der Waals surface area contributed by atoms with Crippen LogP contribution in [0.3, 0.4) is 0 Å². The van der Waals surface area contributed by atoms with Gasteiger partial charge in [-0.05, 0) is 47.5 Å². The van der Waals surface area contributed by atoms with E-state index in [1.165, 1.54) is 0 Å². The van der Waals surface area contributed by atoms with E-state index in [1.807, 2.05) is 0 Å². The first-order chi connectivity index (χ1) is 15.2. The maximum Gasteiger partial charge on any atom is 0.343 e. The molecule has 0 saturated carbocycles. The highest BCUT2D eigenvalue weighted by molar-refractivity contribution is 6.30. The zero-order chi connectivity index (χ0) is 24.7. The molecule has 0 unspecified atom stereocenters. The van der Waals surface area contributed by atoms with Crippen LogP contribution >= 0.6 is 23.2 Å². The van der Waals surface area contributed by atoms with Crippen LogP contribution in [0.15, 0.2) is 52.1 Å². The van der Waals surface area contributed by atoms with E-state index >= 15 is 0 Å². The van der Waals surface area contributed by atoms with Gasteiger partial charge in [-0.15, -0.1) is 0 Å². The fourth-order valence-electron chi connectivity index (χ4n) is 3.22. The van der Waals surface area contributed by atoms with Gasteiger partial charge in [0.05, 0.1) is 18.9 Å². The zero-order valence-electron chi connectivity index (χ0n) is 16.1. The van der Waals surface area contributed by atoms with Crippen molar-refractivity contribution in [2.45, 2.75) is 24.9 Å². The largest absolute Gasteiger partial charge is 0.494 e. The smallest absolute Gasteiger partial charge is 0.343 e. The van der Waals surface area contributed by atoms with Gasteiger partial charge < -0.3 is 5.11 Å². The number of aromatic nitrogens is 2. The summed E-state index contributed by atoms with van der Waals surface area (Å²) in [5.74, 6) is -3.56. The zero-order valence-corrected chi connectivity index (χ0v) is 17.6. The van der Waals surface area contributed by atoms with Crippen LogP contribution in [0.1, 0.15) is 11.1 Å². The second-order valence-corrected chi connectivity index (χ2v) is 7.91. The molecule has 13 heteroatoms. The number of aromatic hydroxyl groups is 1.